The predicted molar refractivity (Wildman–Crippen MR) is 69.4 cm³/mol. The number of hydrogen-bond donors (Lipinski definition) is 1. The largest absolute Gasteiger partial charge is 0.377 e. The van der Waals surface area contributed by atoms with Gasteiger partial charge >= 0.3 is 0 Å². The Bertz CT molecular complexity index is 197. The highest BCUT2D eigenvalue weighted by Gasteiger charge is 2.28. The van der Waals surface area contributed by atoms with Crippen molar-refractivity contribution in [3.63, 3.8) is 0 Å². The van der Waals surface area contributed by atoms with Gasteiger partial charge in [-0.15, -0.1) is 0 Å². The summed E-state index contributed by atoms with van der Waals surface area (Å²) in [6.07, 6.45) is 6.29. The Morgan fingerprint density at radius 1 is 1.25 bits per heavy atom. The normalized spacial score (nSPS) is 31.7. The summed E-state index contributed by atoms with van der Waals surface area (Å²) in [5.74, 6) is 0.833. The maximum atomic E-state index is 6.12. The van der Waals surface area contributed by atoms with Crippen molar-refractivity contribution in [3.05, 3.63) is 0 Å². The maximum Gasteiger partial charge on any atom is 0.0728 e. The molecule has 1 aliphatic carbocycles. The van der Waals surface area contributed by atoms with Crippen LogP contribution in [0.25, 0.3) is 0 Å². The second-order valence-electron chi connectivity index (χ2n) is 6.47. The summed E-state index contributed by atoms with van der Waals surface area (Å²) in [4.78, 5) is 0. The predicted octanol–water partition coefficient (Wildman–Crippen LogP) is 3.35. The third kappa shape index (κ3) is 4.84. The van der Waals surface area contributed by atoms with Crippen LogP contribution in [0.4, 0.5) is 0 Å². The molecule has 2 heteroatoms. The molecule has 2 N–H and O–H groups in total. The Morgan fingerprint density at radius 2 is 1.94 bits per heavy atom. The highest BCUT2D eigenvalue weighted by Crippen LogP contribution is 2.28. The summed E-state index contributed by atoms with van der Waals surface area (Å²) in [6, 6.07) is 0.266. The zero-order valence-corrected chi connectivity index (χ0v) is 11.5. The summed E-state index contributed by atoms with van der Waals surface area (Å²) in [6.45, 7) is 9.90. The minimum atomic E-state index is 0.266. The molecule has 0 spiro atoms. The Labute approximate surface area is 101 Å². The van der Waals surface area contributed by atoms with Gasteiger partial charge in [0.1, 0.15) is 0 Å². The lowest BCUT2D eigenvalue weighted by Gasteiger charge is -2.34. The Hall–Kier alpha value is -0.0800. The van der Waals surface area contributed by atoms with E-state index in [1.165, 1.54) is 19.3 Å². The molecule has 0 aromatic carbocycles. The van der Waals surface area contributed by atoms with Crippen LogP contribution in [0.15, 0.2) is 0 Å². The molecular weight excluding hydrogens is 198 g/mol. The van der Waals surface area contributed by atoms with Crippen molar-refractivity contribution in [1.82, 2.24) is 0 Å². The molecule has 3 unspecified atom stereocenters. The molecule has 16 heavy (non-hydrogen) atoms. The zero-order valence-electron chi connectivity index (χ0n) is 11.5. The number of rotatable bonds is 4. The first kappa shape index (κ1) is 14.0. The molecule has 0 radical (unpaired) electrons. The van der Waals surface area contributed by atoms with Crippen molar-refractivity contribution < 1.29 is 4.74 Å². The van der Waals surface area contributed by atoms with E-state index >= 15 is 0 Å². The van der Waals surface area contributed by atoms with E-state index in [4.69, 9.17) is 10.5 Å². The van der Waals surface area contributed by atoms with Crippen LogP contribution in [-0.2, 0) is 4.74 Å². The van der Waals surface area contributed by atoms with Crippen LogP contribution >= 0.6 is 0 Å². The first-order valence-corrected chi connectivity index (χ1v) is 6.79. The van der Waals surface area contributed by atoms with Crippen LogP contribution in [0.5, 0.6) is 0 Å². The van der Waals surface area contributed by atoms with Gasteiger partial charge < -0.3 is 10.5 Å². The summed E-state index contributed by atoms with van der Waals surface area (Å²) >= 11 is 0. The van der Waals surface area contributed by atoms with Crippen LogP contribution in [0.1, 0.15) is 59.8 Å². The van der Waals surface area contributed by atoms with E-state index in [2.05, 4.69) is 27.7 Å². The van der Waals surface area contributed by atoms with E-state index in [0.717, 1.165) is 25.4 Å². The number of hydrogen-bond acceptors (Lipinski definition) is 2. The standard InChI is InChI=1S/C14H29NO/c1-5-11-6-7-12(15)13(10-11)16-9-8-14(2,3)4/h11-13H,5-10,15H2,1-4H3. The minimum absolute atomic E-state index is 0.266. The quantitative estimate of drug-likeness (QED) is 0.799. The van der Waals surface area contributed by atoms with E-state index in [0.29, 0.717) is 11.5 Å². The van der Waals surface area contributed by atoms with Gasteiger partial charge in [-0.05, 0) is 37.0 Å². The molecule has 96 valence electrons. The van der Waals surface area contributed by atoms with E-state index < -0.39 is 0 Å². The van der Waals surface area contributed by atoms with Crippen LogP contribution in [0.3, 0.4) is 0 Å². The summed E-state index contributed by atoms with van der Waals surface area (Å²) < 4.78 is 5.98. The van der Waals surface area contributed by atoms with Gasteiger partial charge in [0.15, 0.2) is 0 Å². The highest BCUT2D eigenvalue weighted by molar-refractivity contribution is 4.83. The molecule has 1 fully saturated rings. The molecule has 2 nitrogen and oxygen atoms in total. The fourth-order valence-electron chi connectivity index (χ4n) is 2.31. The summed E-state index contributed by atoms with van der Waals surface area (Å²) in [7, 11) is 0. The van der Waals surface area contributed by atoms with E-state index in [1.807, 2.05) is 0 Å². The second-order valence-corrected chi connectivity index (χ2v) is 6.47. The fraction of sp³-hybridized carbons (Fsp3) is 1.00. The van der Waals surface area contributed by atoms with Gasteiger partial charge in [0.2, 0.25) is 0 Å². The van der Waals surface area contributed by atoms with E-state index in [1.54, 1.807) is 0 Å². The molecule has 0 heterocycles. The Morgan fingerprint density at radius 3 is 2.50 bits per heavy atom. The molecule has 0 bridgehead atoms. The first-order valence-electron chi connectivity index (χ1n) is 6.79. The van der Waals surface area contributed by atoms with Crippen molar-refractivity contribution in [2.75, 3.05) is 6.61 Å². The maximum absolute atomic E-state index is 6.12. The van der Waals surface area contributed by atoms with Gasteiger partial charge in [-0.3, -0.25) is 0 Å². The van der Waals surface area contributed by atoms with Crippen LogP contribution in [-0.4, -0.2) is 18.8 Å². The number of ether oxygens (including phenoxy) is 1. The molecule has 0 aromatic heterocycles. The average molecular weight is 227 g/mol. The lowest BCUT2D eigenvalue weighted by molar-refractivity contribution is -0.0104. The van der Waals surface area contributed by atoms with Crippen LogP contribution < -0.4 is 5.73 Å². The molecule has 3 atom stereocenters. The molecular formula is C14H29NO. The zero-order chi connectivity index (χ0) is 12.2. The molecule has 1 aliphatic rings. The Balaban J connectivity index is 2.28. The van der Waals surface area contributed by atoms with E-state index in [-0.39, 0.29) is 6.04 Å². The molecule has 0 amide bonds. The van der Waals surface area contributed by atoms with Crippen molar-refractivity contribution in [1.29, 1.82) is 0 Å². The van der Waals surface area contributed by atoms with Crippen LogP contribution in [0.2, 0.25) is 0 Å². The van der Waals surface area contributed by atoms with Gasteiger partial charge in [0, 0.05) is 12.6 Å². The Kier molecular flexibility index (Phi) is 5.26. The van der Waals surface area contributed by atoms with Gasteiger partial charge in [0.25, 0.3) is 0 Å². The monoisotopic (exact) mass is 227 g/mol. The topological polar surface area (TPSA) is 35.2 Å². The average Bonchev–Trinajstić information content (AvgIpc) is 2.19. The van der Waals surface area contributed by atoms with Gasteiger partial charge in [0.05, 0.1) is 6.10 Å². The molecule has 1 saturated carbocycles. The molecule has 0 aromatic rings. The second kappa shape index (κ2) is 6.02. The lowest BCUT2D eigenvalue weighted by Crippen LogP contribution is -2.42. The van der Waals surface area contributed by atoms with E-state index in [9.17, 15) is 0 Å². The first-order chi connectivity index (χ1) is 7.42. The van der Waals surface area contributed by atoms with Crippen molar-refractivity contribution in [2.45, 2.75) is 71.9 Å². The van der Waals surface area contributed by atoms with Crippen molar-refractivity contribution >= 4 is 0 Å². The number of nitrogens with two attached hydrogens (primary N) is 1. The minimum Gasteiger partial charge on any atom is -0.377 e. The third-order valence-corrected chi connectivity index (χ3v) is 3.71. The van der Waals surface area contributed by atoms with Gasteiger partial charge in [-0.1, -0.05) is 34.1 Å². The fourth-order valence-corrected chi connectivity index (χ4v) is 2.31. The SMILES string of the molecule is CCC1CCC(N)C(OCCC(C)(C)C)C1. The third-order valence-electron chi connectivity index (χ3n) is 3.71. The lowest BCUT2D eigenvalue weighted by atomic mass is 9.83. The summed E-state index contributed by atoms with van der Waals surface area (Å²) in [5, 5.41) is 0. The van der Waals surface area contributed by atoms with Gasteiger partial charge in [-0.2, -0.15) is 0 Å². The molecule has 1 rings (SSSR count). The molecule has 0 saturated heterocycles. The highest BCUT2D eigenvalue weighted by atomic mass is 16.5. The molecule has 0 aliphatic heterocycles. The van der Waals surface area contributed by atoms with Crippen molar-refractivity contribution in [2.24, 2.45) is 17.1 Å². The summed E-state index contributed by atoms with van der Waals surface area (Å²) in [5.41, 5.74) is 6.48. The van der Waals surface area contributed by atoms with Gasteiger partial charge in [-0.25, -0.2) is 0 Å². The van der Waals surface area contributed by atoms with Crippen molar-refractivity contribution in [3.8, 4) is 0 Å². The van der Waals surface area contributed by atoms with Crippen LogP contribution in [0, 0.1) is 11.3 Å². The smallest absolute Gasteiger partial charge is 0.0728 e.